The number of nitrogens with zero attached hydrogens (tertiary/aromatic N) is 1. The Labute approximate surface area is 193 Å². The van der Waals surface area contributed by atoms with Gasteiger partial charge in [-0.3, -0.25) is 14.4 Å². The van der Waals surface area contributed by atoms with Crippen molar-refractivity contribution in [2.45, 2.75) is 38.8 Å². The van der Waals surface area contributed by atoms with E-state index in [2.05, 4.69) is 24.5 Å². The van der Waals surface area contributed by atoms with Crippen LogP contribution in [0.2, 0.25) is 0 Å². The van der Waals surface area contributed by atoms with Crippen LogP contribution in [-0.2, 0) is 19.2 Å². The van der Waals surface area contributed by atoms with Gasteiger partial charge >= 0.3 is 0 Å². The summed E-state index contributed by atoms with van der Waals surface area (Å²) in [6.07, 6.45) is 1.58. The summed E-state index contributed by atoms with van der Waals surface area (Å²) < 4.78 is 10.8. The molecule has 1 aromatic carbocycles. The van der Waals surface area contributed by atoms with E-state index in [1.54, 1.807) is 36.3 Å². The molecule has 1 aromatic rings. The molecule has 1 aliphatic carbocycles. The third kappa shape index (κ3) is 4.54. The summed E-state index contributed by atoms with van der Waals surface area (Å²) in [5, 5.41) is 5.53. The molecule has 1 saturated carbocycles. The van der Waals surface area contributed by atoms with Gasteiger partial charge in [0.05, 0.1) is 13.2 Å². The lowest BCUT2D eigenvalue weighted by molar-refractivity contribution is -0.142. The van der Waals surface area contributed by atoms with E-state index in [0.717, 1.165) is 0 Å². The summed E-state index contributed by atoms with van der Waals surface area (Å²) in [6, 6.07) is 5.50. The molecule has 2 saturated heterocycles. The van der Waals surface area contributed by atoms with Gasteiger partial charge < -0.3 is 29.8 Å². The molecule has 4 rings (SSSR count). The van der Waals surface area contributed by atoms with E-state index < -0.39 is 12.1 Å². The lowest BCUT2D eigenvalue weighted by Gasteiger charge is -2.31. The van der Waals surface area contributed by atoms with E-state index in [9.17, 15) is 19.2 Å². The number of methoxy groups -OCH3 is 1. The van der Waals surface area contributed by atoms with Gasteiger partial charge in [0.1, 0.15) is 23.8 Å². The van der Waals surface area contributed by atoms with Gasteiger partial charge in [0.25, 0.3) is 5.91 Å². The van der Waals surface area contributed by atoms with Gasteiger partial charge in [0, 0.05) is 19.0 Å². The molecule has 3 amide bonds. The van der Waals surface area contributed by atoms with Crippen LogP contribution in [0.3, 0.4) is 0 Å². The number of ether oxygens (including phenoxy) is 2. The number of fused-ring (bicyclic) bond motifs is 1. The normalized spacial score (nSPS) is 27.8. The van der Waals surface area contributed by atoms with Crippen molar-refractivity contribution in [3.05, 3.63) is 24.3 Å². The van der Waals surface area contributed by atoms with Crippen molar-refractivity contribution < 1.29 is 28.7 Å². The highest BCUT2D eigenvalue weighted by atomic mass is 16.5. The SMILES string of the molecule is COc1ccc(OCC(=O)N2C[C@H]3[C@@H]([C@H]2C(=O)N[C@H](C=O)C[C@@H]2CCNC2=O)C3(C)C)cc1. The molecular formula is C24H31N3O6. The van der Waals surface area contributed by atoms with Crippen molar-refractivity contribution in [3.63, 3.8) is 0 Å². The van der Waals surface area contributed by atoms with Gasteiger partial charge in [-0.25, -0.2) is 0 Å². The summed E-state index contributed by atoms with van der Waals surface area (Å²) in [4.78, 5) is 51.3. The highest BCUT2D eigenvalue weighted by Crippen LogP contribution is 2.64. The summed E-state index contributed by atoms with van der Waals surface area (Å²) in [6.45, 7) is 5.07. The second-order valence-electron chi connectivity index (χ2n) is 9.67. The Kier molecular flexibility index (Phi) is 6.32. The fraction of sp³-hybridized carbons (Fsp3) is 0.583. The zero-order valence-electron chi connectivity index (χ0n) is 19.2. The van der Waals surface area contributed by atoms with Gasteiger partial charge in [-0.05, 0) is 54.4 Å². The molecular weight excluding hydrogens is 426 g/mol. The third-order valence-electron chi connectivity index (χ3n) is 7.41. The van der Waals surface area contributed by atoms with E-state index in [4.69, 9.17) is 9.47 Å². The Balaban J connectivity index is 1.40. The minimum absolute atomic E-state index is 0.0320. The molecule has 178 valence electrons. The standard InChI is InChI=1S/C24H31N3O6/c1-24(2)18-11-27(19(29)13-33-17-6-4-16(32-3)5-7-17)21(20(18)24)23(31)26-15(12-28)10-14-8-9-25-22(14)30/h4-7,12,14-15,18,20-21H,8-11,13H2,1-3H3,(H,25,30)(H,26,31)/t14-,15-,18-,20-,21-/m0/s1. The molecule has 0 bridgehead atoms. The predicted molar refractivity (Wildman–Crippen MR) is 118 cm³/mol. The topological polar surface area (TPSA) is 114 Å². The molecule has 5 atom stereocenters. The number of rotatable bonds is 9. The van der Waals surface area contributed by atoms with Crippen molar-refractivity contribution in [2.24, 2.45) is 23.2 Å². The van der Waals surface area contributed by atoms with Gasteiger partial charge in [-0.15, -0.1) is 0 Å². The first-order valence-electron chi connectivity index (χ1n) is 11.4. The molecule has 2 aliphatic heterocycles. The Morgan fingerprint density at radius 1 is 1.27 bits per heavy atom. The minimum atomic E-state index is -0.764. The summed E-state index contributed by atoms with van der Waals surface area (Å²) in [7, 11) is 1.57. The van der Waals surface area contributed by atoms with Crippen molar-refractivity contribution in [1.29, 1.82) is 0 Å². The summed E-state index contributed by atoms with van der Waals surface area (Å²) >= 11 is 0. The number of carbonyl (C=O) groups is 4. The Hall–Kier alpha value is -3.10. The molecule has 9 heteroatoms. The molecule has 33 heavy (non-hydrogen) atoms. The smallest absolute Gasteiger partial charge is 0.261 e. The number of piperidine rings is 1. The largest absolute Gasteiger partial charge is 0.497 e. The Morgan fingerprint density at radius 2 is 1.97 bits per heavy atom. The molecule has 0 aromatic heterocycles. The molecule has 0 unspecified atom stereocenters. The van der Waals surface area contributed by atoms with Gasteiger partial charge in [-0.1, -0.05) is 13.8 Å². The van der Waals surface area contributed by atoms with Gasteiger partial charge in [-0.2, -0.15) is 0 Å². The number of hydrogen-bond acceptors (Lipinski definition) is 6. The van der Waals surface area contributed by atoms with Gasteiger partial charge in [0.15, 0.2) is 6.61 Å². The second kappa shape index (κ2) is 9.03. The van der Waals surface area contributed by atoms with Crippen LogP contribution >= 0.6 is 0 Å². The van der Waals surface area contributed by atoms with Crippen LogP contribution in [-0.4, -0.2) is 67.8 Å². The Morgan fingerprint density at radius 3 is 2.58 bits per heavy atom. The maximum absolute atomic E-state index is 13.2. The first-order valence-corrected chi connectivity index (χ1v) is 11.4. The molecule has 0 radical (unpaired) electrons. The van der Waals surface area contributed by atoms with E-state index in [0.29, 0.717) is 37.3 Å². The van der Waals surface area contributed by atoms with Crippen LogP contribution in [0.5, 0.6) is 11.5 Å². The highest BCUT2D eigenvalue weighted by Gasteiger charge is 2.69. The number of amides is 3. The second-order valence-corrected chi connectivity index (χ2v) is 9.67. The van der Waals surface area contributed by atoms with Crippen LogP contribution in [0, 0.1) is 23.2 Å². The van der Waals surface area contributed by atoms with E-state index in [1.807, 2.05) is 0 Å². The predicted octanol–water partition coefficient (Wildman–Crippen LogP) is 0.767. The number of hydrogen-bond donors (Lipinski definition) is 2. The third-order valence-corrected chi connectivity index (χ3v) is 7.41. The first kappa shape index (κ1) is 23.1. The fourth-order valence-electron chi connectivity index (χ4n) is 5.34. The van der Waals surface area contributed by atoms with Crippen molar-refractivity contribution in [2.75, 3.05) is 26.8 Å². The number of benzene rings is 1. The van der Waals surface area contributed by atoms with Crippen LogP contribution in [0.1, 0.15) is 26.7 Å². The molecule has 9 nitrogen and oxygen atoms in total. The average molecular weight is 458 g/mol. The quantitative estimate of drug-likeness (QED) is 0.530. The number of likely N-dealkylation sites (tertiary alicyclic amines) is 1. The zero-order chi connectivity index (χ0) is 23.8. The Bertz CT molecular complexity index is 931. The first-order chi connectivity index (χ1) is 15.8. The average Bonchev–Trinajstić information content (AvgIpc) is 3.16. The van der Waals surface area contributed by atoms with Crippen LogP contribution in [0.4, 0.5) is 0 Å². The number of nitrogens with one attached hydrogen (secondary N) is 2. The van der Waals surface area contributed by atoms with Crippen LogP contribution in [0.15, 0.2) is 24.3 Å². The van der Waals surface area contributed by atoms with Crippen molar-refractivity contribution in [3.8, 4) is 11.5 Å². The van der Waals surface area contributed by atoms with E-state index in [1.165, 1.54) is 0 Å². The van der Waals surface area contributed by atoms with Crippen molar-refractivity contribution in [1.82, 2.24) is 15.5 Å². The minimum Gasteiger partial charge on any atom is -0.497 e. The molecule has 3 fully saturated rings. The van der Waals surface area contributed by atoms with Gasteiger partial charge in [0.2, 0.25) is 11.8 Å². The molecule has 2 N–H and O–H groups in total. The van der Waals surface area contributed by atoms with E-state index >= 15 is 0 Å². The highest BCUT2D eigenvalue weighted by molar-refractivity contribution is 5.91. The van der Waals surface area contributed by atoms with Crippen LogP contribution in [0.25, 0.3) is 0 Å². The van der Waals surface area contributed by atoms with Crippen molar-refractivity contribution >= 4 is 24.0 Å². The summed E-state index contributed by atoms with van der Waals surface area (Å²) in [5.41, 5.74) is -0.0440. The van der Waals surface area contributed by atoms with Crippen LogP contribution < -0.4 is 20.1 Å². The lowest BCUT2D eigenvalue weighted by atomic mass is 9.97. The lowest BCUT2D eigenvalue weighted by Crippen LogP contribution is -2.53. The zero-order valence-corrected chi connectivity index (χ0v) is 19.2. The maximum atomic E-state index is 13.2. The monoisotopic (exact) mass is 457 g/mol. The van der Waals surface area contributed by atoms with E-state index in [-0.39, 0.29) is 53.9 Å². The molecule has 3 aliphatic rings. The summed E-state index contributed by atoms with van der Waals surface area (Å²) in [5.74, 6) is 0.488. The molecule has 0 spiro atoms. The number of aldehydes is 1. The number of carbonyl (C=O) groups excluding carboxylic acids is 4. The fourth-order valence-corrected chi connectivity index (χ4v) is 5.34. The molecule has 2 heterocycles. The maximum Gasteiger partial charge on any atom is 0.261 e.